The number of rotatable bonds is 7. The summed E-state index contributed by atoms with van der Waals surface area (Å²) in [6, 6.07) is 1.82. The first-order chi connectivity index (χ1) is 10.1. The molecule has 0 aliphatic heterocycles. The Morgan fingerprint density at radius 3 is 2.81 bits per heavy atom. The fourth-order valence-corrected chi connectivity index (χ4v) is 3.04. The number of nitrogens with zero attached hydrogens (tertiary/aromatic N) is 3. The second-order valence-corrected chi connectivity index (χ2v) is 6.30. The highest BCUT2D eigenvalue weighted by molar-refractivity contribution is 7.15. The van der Waals surface area contributed by atoms with Crippen molar-refractivity contribution in [3.63, 3.8) is 0 Å². The van der Waals surface area contributed by atoms with Crippen LogP contribution in [0.15, 0.2) is 12.4 Å². The van der Waals surface area contributed by atoms with Gasteiger partial charge in [0.1, 0.15) is 17.0 Å². The summed E-state index contributed by atoms with van der Waals surface area (Å²) in [5.41, 5.74) is 1.96. The van der Waals surface area contributed by atoms with Gasteiger partial charge in [-0.1, -0.05) is 20.8 Å². The summed E-state index contributed by atoms with van der Waals surface area (Å²) in [7, 11) is 1.60. The first kappa shape index (κ1) is 15.9. The van der Waals surface area contributed by atoms with Crippen molar-refractivity contribution in [3.05, 3.63) is 23.0 Å². The molecule has 1 N–H and O–H groups in total. The quantitative estimate of drug-likeness (QED) is 0.852. The molecule has 0 spiro atoms. The number of aromatic nitrogens is 3. The maximum absolute atomic E-state index is 5.14. The summed E-state index contributed by atoms with van der Waals surface area (Å²) >= 11 is 1.69. The maximum atomic E-state index is 5.14. The van der Waals surface area contributed by atoms with E-state index in [2.05, 4.69) is 36.1 Å². The van der Waals surface area contributed by atoms with Crippen LogP contribution in [0.4, 0.5) is 0 Å². The normalized spacial score (nSPS) is 11.1. The van der Waals surface area contributed by atoms with Gasteiger partial charge in [-0.2, -0.15) is 0 Å². The molecule has 114 valence electrons. The molecule has 0 bridgehead atoms. The first-order valence-electron chi connectivity index (χ1n) is 7.19. The van der Waals surface area contributed by atoms with Gasteiger partial charge in [0.2, 0.25) is 5.88 Å². The SMILES string of the molecule is CCc1nc(-c2cc(OC)ncn2)sc1CNCC(C)C. The van der Waals surface area contributed by atoms with E-state index in [9.17, 15) is 0 Å². The van der Waals surface area contributed by atoms with E-state index in [0.29, 0.717) is 11.8 Å². The molecule has 5 nitrogen and oxygen atoms in total. The third kappa shape index (κ3) is 4.22. The van der Waals surface area contributed by atoms with Gasteiger partial charge in [0, 0.05) is 17.5 Å². The summed E-state index contributed by atoms with van der Waals surface area (Å²) in [4.78, 5) is 14.3. The van der Waals surface area contributed by atoms with Gasteiger partial charge in [-0.05, 0) is 18.9 Å². The summed E-state index contributed by atoms with van der Waals surface area (Å²) in [6.45, 7) is 8.42. The number of ether oxygens (including phenoxy) is 1. The first-order valence-corrected chi connectivity index (χ1v) is 8.01. The van der Waals surface area contributed by atoms with Crippen molar-refractivity contribution in [1.29, 1.82) is 0 Å². The zero-order chi connectivity index (χ0) is 15.2. The molecule has 0 aliphatic rings. The van der Waals surface area contributed by atoms with E-state index in [1.165, 1.54) is 11.2 Å². The monoisotopic (exact) mass is 306 g/mol. The Bertz CT molecular complexity index is 583. The van der Waals surface area contributed by atoms with Gasteiger partial charge in [-0.3, -0.25) is 0 Å². The smallest absolute Gasteiger partial charge is 0.216 e. The molecule has 0 aliphatic carbocycles. The lowest BCUT2D eigenvalue weighted by Crippen LogP contribution is -2.18. The molecule has 0 saturated carbocycles. The van der Waals surface area contributed by atoms with Gasteiger partial charge in [0.05, 0.1) is 12.8 Å². The predicted molar refractivity (Wildman–Crippen MR) is 85.6 cm³/mol. The molecule has 6 heteroatoms. The molecule has 0 unspecified atom stereocenters. The van der Waals surface area contributed by atoms with Crippen LogP contribution in [0.2, 0.25) is 0 Å². The van der Waals surface area contributed by atoms with Crippen LogP contribution in [0.5, 0.6) is 5.88 Å². The zero-order valence-corrected chi connectivity index (χ0v) is 13.8. The van der Waals surface area contributed by atoms with Crippen LogP contribution in [-0.4, -0.2) is 28.6 Å². The molecule has 0 atom stereocenters. The standard InChI is InChI=1S/C15H22N4OS/c1-5-11-13(8-16-7-10(2)3)21-15(19-11)12-6-14(20-4)18-9-17-12/h6,9-10,16H,5,7-8H2,1-4H3. The molecule has 0 aromatic carbocycles. The molecular weight excluding hydrogens is 284 g/mol. The van der Waals surface area contributed by atoms with Crippen molar-refractivity contribution < 1.29 is 4.74 Å². The average molecular weight is 306 g/mol. The highest BCUT2D eigenvalue weighted by atomic mass is 32.1. The number of aryl methyl sites for hydroxylation is 1. The predicted octanol–water partition coefficient (Wildman–Crippen LogP) is 2.92. The number of thiazole rings is 1. The lowest BCUT2D eigenvalue weighted by molar-refractivity contribution is 0.397. The number of nitrogens with one attached hydrogen (secondary N) is 1. The molecule has 2 rings (SSSR count). The van der Waals surface area contributed by atoms with Crippen LogP contribution in [0, 0.1) is 5.92 Å². The van der Waals surface area contributed by atoms with E-state index in [0.717, 1.165) is 35.9 Å². The van der Waals surface area contributed by atoms with Crippen LogP contribution in [-0.2, 0) is 13.0 Å². The van der Waals surface area contributed by atoms with Crippen molar-refractivity contribution in [2.75, 3.05) is 13.7 Å². The molecule has 0 amide bonds. The second kappa shape index (κ2) is 7.47. The second-order valence-electron chi connectivity index (χ2n) is 5.21. The summed E-state index contributed by atoms with van der Waals surface area (Å²) < 4.78 is 5.14. The highest BCUT2D eigenvalue weighted by Crippen LogP contribution is 2.28. The van der Waals surface area contributed by atoms with Crippen molar-refractivity contribution in [1.82, 2.24) is 20.3 Å². The Morgan fingerprint density at radius 1 is 1.33 bits per heavy atom. The van der Waals surface area contributed by atoms with Crippen LogP contribution < -0.4 is 10.1 Å². The Morgan fingerprint density at radius 2 is 2.14 bits per heavy atom. The molecule has 0 radical (unpaired) electrons. The van der Waals surface area contributed by atoms with E-state index in [1.807, 2.05) is 6.07 Å². The fourth-order valence-electron chi connectivity index (χ4n) is 1.95. The van der Waals surface area contributed by atoms with Crippen LogP contribution >= 0.6 is 11.3 Å². The Balaban J connectivity index is 2.19. The number of hydrogen-bond donors (Lipinski definition) is 1. The Labute approximate surface area is 129 Å². The van der Waals surface area contributed by atoms with Gasteiger partial charge in [0.15, 0.2) is 0 Å². The van der Waals surface area contributed by atoms with Gasteiger partial charge in [0.25, 0.3) is 0 Å². The van der Waals surface area contributed by atoms with E-state index < -0.39 is 0 Å². The summed E-state index contributed by atoms with van der Waals surface area (Å²) in [5.74, 6) is 1.21. The molecule has 21 heavy (non-hydrogen) atoms. The Hall–Kier alpha value is -1.53. The minimum absolute atomic E-state index is 0.563. The zero-order valence-electron chi connectivity index (χ0n) is 13.0. The van der Waals surface area contributed by atoms with Crippen molar-refractivity contribution in [3.8, 4) is 16.6 Å². The highest BCUT2D eigenvalue weighted by Gasteiger charge is 2.13. The van der Waals surface area contributed by atoms with Gasteiger partial charge < -0.3 is 10.1 Å². The van der Waals surface area contributed by atoms with Gasteiger partial charge in [-0.15, -0.1) is 11.3 Å². The molecule has 2 heterocycles. The molecule has 2 aromatic rings. The molecule has 0 fully saturated rings. The lowest BCUT2D eigenvalue weighted by atomic mass is 10.2. The van der Waals surface area contributed by atoms with E-state index in [-0.39, 0.29) is 0 Å². The molecular formula is C15H22N4OS. The van der Waals surface area contributed by atoms with Crippen LogP contribution in [0.1, 0.15) is 31.3 Å². The van der Waals surface area contributed by atoms with Gasteiger partial charge >= 0.3 is 0 Å². The fraction of sp³-hybridized carbons (Fsp3) is 0.533. The van der Waals surface area contributed by atoms with Crippen molar-refractivity contribution >= 4 is 11.3 Å². The third-order valence-electron chi connectivity index (χ3n) is 3.02. The van der Waals surface area contributed by atoms with Crippen molar-refractivity contribution in [2.24, 2.45) is 5.92 Å². The molecule has 2 aromatic heterocycles. The van der Waals surface area contributed by atoms with E-state index in [1.54, 1.807) is 18.4 Å². The van der Waals surface area contributed by atoms with Crippen LogP contribution in [0.3, 0.4) is 0 Å². The van der Waals surface area contributed by atoms with Gasteiger partial charge in [-0.25, -0.2) is 15.0 Å². The molecule has 0 saturated heterocycles. The third-order valence-corrected chi connectivity index (χ3v) is 4.14. The average Bonchev–Trinajstić information content (AvgIpc) is 2.90. The minimum atomic E-state index is 0.563. The largest absolute Gasteiger partial charge is 0.481 e. The summed E-state index contributed by atoms with van der Waals surface area (Å²) in [5, 5.41) is 4.40. The minimum Gasteiger partial charge on any atom is -0.481 e. The van der Waals surface area contributed by atoms with Crippen molar-refractivity contribution in [2.45, 2.75) is 33.7 Å². The number of methoxy groups -OCH3 is 1. The van der Waals surface area contributed by atoms with E-state index >= 15 is 0 Å². The van der Waals surface area contributed by atoms with Crippen LogP contribution in [0.25, 0.3) is 10.7 Å². The topological polar surface area (TPSA) is 59.9 Å². The lowest BCUT2D eigenvalue weighted by Gasteiger charge is -2.06. The van der Waals surface area contributed by atoms with E-state index in [4.69, 9.17) is 9.72 Å². The number of hydrogen-bond acceptors (Lipinski definition) is 6. The maximum Gasteiger partial charge on any atom is 0.216 e. The summed E-state index contributed by atoms with van der Waals surface area (Å²) in [6.07, 6.45) is 2.44. The Kier molecular flexibility index (Phi) is 5.64.